The second-order valence-electron chi connectivity index (χ2n) is 5.06. The highest BCUT2D eigenvalue weighted by Gasteiger charge is 2.24. The van der Waals surface area contributed by atoms with Crippen molar-refractivity contribution in [3.8, 4) is 5.75 Å². The van der Waals surface area contributed by atoms with Gasteiger partial charge < -0.3 is 10.8 Å². The van der Waals surface area contributed by atoms with Crippen molar-refractivity contribution in [1.29, 1.82) is 0 Å². The molecule has 2 nitrogen and oxygen atoms in total. The fourth-order valence-electron chi connectivity index (χ4n) is 2.72. The molecule has 1 aliphatic rings. The van der Waals surface area contributed by atoms with Crippen molar-refractivity contribution in [2.45, 2.75) is 44.6 Å². The Labute approximate surface area is 97.5 Å². The summed E-state index contributed by atoms with van der Waals surface area (Å²) >= 11 is 0. The van der Waals surface area contributed by atoms with E-state index < -0.39 is 0 Å². The Morgan fingerprint density at radius 2 is 1.69 bits per heavy atom. The van der Waals surface area contributed by atoms with Crippen molar-refractivity contribution >= 4 is 0 Å². The van der Waals surface area contributed by atoms with Gasteiger partial charge in [0.25, 0.3) is 0 Å². The van der Waals surface area contributed by atoms with Gasteiger partial charge in [-0.05, 0) is 62.1 Å². The van der Waals surface area contributed by atoms with Gasteiger partial charge in [0.2, 0.25) is 0 Å². The summed E-state index contributed by atoms with van der Waals surface area (Å²) in [7, 11) is 0. The SMILES string of the molecule is CC(N)C1CCC(c2ccc(O)cc2)CC1. The molecule has 1 saturated carbocycles. The second-order valence-corrected chi connectivity index (χ2v) is 5.06. The number of nitrogens with two attached hydrogens (primary N) is 1. The number of rotatable bonds is 2. The fraction of sp³-hybridized carbons (Fsp3) is 0.571. The van der Waals surface area contributed by atoms with E-state index in [1.807, 2.05) is 12.1 Å². The minimum absolute atomic E-state index is 0.334. The van der Waals surface area contributed by atoms with Crippen LogP contribution in [-0.2, 0) is 0 Å². The second kappa shape index (κ2) is 4.88. The van der Waals surface area contributed by atoms with Crippen molar-refractivity contribution in [3.63, 3.8) is 0 Å². The molecule has 16 heavy (non-hydrogen) atoms. The normalized spacial score (nSPS) is 27.6. The van der Waals surface area contributed by atoms with Gasteiger partial charge in [0.15, 0.2) is 0 Å². The van der Waals surface area contributed by atoms with Gasteiger partial charge >= 0.3 is 0 Å². The highest BCUT2D eigenvalue weighted by atomic mass is 16.3. The van der Waals surface area contributed by atoms with Crippen LogP contribution < -0.4 is 5.73 Å². The van der Waals surface area contributed by atoms with Crippen LogP contribution in [0.15, 0.2) is 24.3 Å². The van der Waals surface area contributed by atoms with E-state index in [1.54, 1.807) is 12.1 Å². The van der Waals surface area contributed by atoms with Crippen molar-refractivity contribution in [2.24, 2.45) is 11.7 Å². The lowest BCUT2D eigenvalue weighted by atomic mass is 9.76. The molecule has 0 saturated heterocycles. The van der Waals surface area contributed by atoms with E-state index in [4.69, 9.17) is 5.73 Å². The molecule has 1 atom stereocenters. The molecule has 1 aromatic carbocycles. The molecule has 0 heterocycles. The van der Waals surface area contributed by atoms with Gasteiger partial charge in [0.1, 0.15) is 5.75 Å². The van der Waals surface area contributed by atoms with E-state index in [2.05, 4.69) is 6.92 Å². The van der Waals surface area contributed by atoms with Crippen molar-refractivity contribution in [2.75, 3.05) is 0 Å². The Morgan fingerprint density at radius 1 is 1.12 bits per heavy atom. The van der Waals surface area contributed by atoms with Crippen molar-refractivity contribution in [3.05, 3.63) is 29.8 Å². The maximum absolute atomic E-state index is 9.25. The summed E-state index contributed by atoms with van der Waals surface area (Å²) in [5.41, 5.74) is 7.30. The van der Waals surface area contributed by atoms with E-state index >= 15 is 0 Å². The molecule has 0 spiro atoms. The summed E-state index contributed by atoms with van der Waals surface area (Å²) in [4.78, 5) is 0. The third-order valence-electron chi connectivity index (χ3n) is 3.88. The molecule has 0 bridgehead atoms. The maximum Gasteiger partial charge on any atom is 0.115 e. The molecule has 1 fully saturated rings. The Kier molecular flexibility index (Phi) is 3.49. The van der Waals surface area contributed by atoms with E-state index in [1.165, 1.54) is 31.2 Å². The van der Waals surface area contributed by atoms with Crippen LogP contribution in [0.5, 0.6) is 5.75 Å². The number of phenolic OH excluding ortho intramolecular Hbond substituents is 1. The molecule has 2 heteroatoms. The third kappa shape index (κ3) is 2.56. The topological polar surface area (TPSA) is 46.2 Å². The van der Waals surface area contributed by atoms with Gasteiger partial charge in [-0.2, -0.15) is 0 Å². The first-order chi connectivity index (χ1) is 7.66. The maximum atomic E-state index is 9.25. The zero-order valence-corrected chi connectivity index (χ0v) is 9.89. The molecule has 0 aliphatic heterocycles. The standard InChI is InChI=1S/C14H21NO/c1-10(15)11-2-4-12(5-3-11)13-6-8-14(16)9-7-13/h6-12,16H,2-5,15H2,1H3. The first-order valence-corrected chi connectivity index (χ1v) is 6.21. The highest BCUT2D eigenvalue weighted by molar-refractivity contribution is 5.28. The lowest BCUT2D eigenvalue weighted by Gasteiger charge is -2.30. The molecule has 0 radical (unpaired) electrons. The Balaban J connectivity index is 1.96. The summed E-state index contributed by atoms with van der Waals surface area (Å²) in [5, 5.41) is 9.25. The first kappa shape index (κ1) is 11.5. The van der Waals surface area contributed by atoms with Gasteiger partial charge in [-0.3, -0.25) is 0 Å². The predicted molar refractivity (Wildman–Crippen MR) is 66.5 cm³/mol. The van der Waals surface area contributed by atoms with E-state index in [-0.39, 0.29) is 0 Å². The van der Waals surface area contributed by atoms with Crippen LogP contribution in [0.4, 0.5) is 0 Å². The lowest BCUT2D eigenvalue weighted by Crippen LogP contribution is -2.29. The molecule has 0 aromatic heterocycles. The van der Waals surface area contributed by atoms with Crippen LogP contribution in [0.1, 0.15) is 44.1 Å². The summed E-state index contributed by atoms with van der Waals surface area (Å²) in [6.45, 7) is 2.12. The predicted octanol–water partition coefficient (Wildman–Crippen LogP) is 3.01. The molecule has 2 rings (SSSR count). The lowest BCUT2D eigenvalue weighted by molar-refractivity contribution is 0.291. The third-order valence-corrected chi connectivity index (χ3v) is 3.88. The average Bonchev–Trinajstić information content (AvgIpc) is 2.30. The van der Waals surface area contributed by atoms with Crippen LogP contribution in [0.25, 0.3) is 0 Å². The summed E-state index contributed by atoms with van der Waals surface area (Å²) in [5.74, 6) is 1.72. The zero-order valence-electron chi connectivity index (χ0n) is 9.89. The van der Waals surface area contributed by atoms with Crippen LogP contribution in [0.3, 0.4) is 0 Å². The molecule has 88 valence electrons. The number of hydrogen-bond donors (Lipinski definition) is 2. The smallest absolute Gasteiger partial charge is 0.115 e. The summed E-state index contributed by atoms with van der Waals surface area (Å²) < 4.78 is 0. The molecular formula is C14H21NO. The van der Waals surface area contributed by atoms with Crippen molar-refractivity contribution in [1.82, 2.24) is 0 Å². The van der Waals surface area contributed by atoms with Gasteiger partial charge in [-0.15, -0.1) is 0 Å². The Hall–Kier alpha value is -1.02. The van der Waals surface area contributed by atoms with Gasteiger partial charge in [0.05, 0.1) is 0 Å². The molecule has 3 N–H and O–H groups in total. The zero-order chi connectivity index (χ0) is 11.5. The number of benzene rings is 1. The van der Waals surface area contributed by atoms with Crippen LogP contribution in [0, 0.1) is 5.92 Å². The molecule has 1 unspecified atom stereocenters. The van der Waals surface area contributed by atoms with Crippen LogP contribution >= 0.6 is 0 Å². The van der Waals surface area contributed by atoms with Crippen molar-refractivity contribution < 1.29 is 5.11 Å². The van der Waals surface area contributed by atoms with E-state index in [0.717, 1.165) is 0 Å². The fourth-order valence-corrected chi connectivity index (χ4v) is 2.72. The molecule has 1 aliphatic carbocycles. The average molecular weight is 219 g/mol. The number of aromatic hydroxyl groups is 1. The quantitative estimate of drug-likeness (QED) is 0.803. The Bertz CT molecular complexity index is 323. The van der Waals surface area contributed by atoms with Crippen LogP contribution in [-0.4, -0.2) is 11.1 Å². The minimum Gasteiger partial charge on any atom is -0.508 e. The Morgan fingerprint density at radius 3 is 2.19 bits per heavy atom. The van der Waals surface area contributed by atoms with Crippen LogP contribution in [0.2, 0.25) is 0 Å². The summed E-state index contributed by atoms with van der Waals surface area (Å²) in [6, 6.07) is 8.00. The van der Waals surface area contributed by atoms with E-state index in [9.17, 15) is 5.11 Å². The van der Waals surface area contributed by atoms with Gasteiger partial charge in [-0.25, -0.2) is 0 Å². The number of phenols is 1. The highest BCUT2D eigenvalue weighted by Crippen LogP contribution is 2.36. The monoisotopic (exact) mass is 219 g/mol. The van der Waals surface area contributed by atoms with E-state index in [0.29, 0.717) is 23.6 Å². The first-order valence-electron chi connectivity index (χ1n) is 6.21. The molecule has 0 amide bonds. The number of hydrogen-bond acceptors (Lipinski definition) is 2. The largest absolute Gasteiger partial charge is 0.508 e. The molecule has 1 aromatic rings. The van der Waals surface area contributed by atoms with Gasteiger partial charge in [0, 0.05) is 6.04 Å². The molecular weight excluding hydrogens is 198 g/mol. The van der Waals surface area contributed by atoms with Gasteiger partial charge in [-0.1, -0.05) is 12.1 Å². The summed E-state index contributed by atoms with van der Waals surface area (Å²) in [6.07, 6.45) is 4.94. The minimum atomic E-state index is 0.334.